The SMILES string of the molecule is C=C(CCNC(=O)COc1ccc(Cl)cc1)N1C[C@@H](c2ccc(Cl)cc2)N(C)C1=S. The van der Waals surface area contributed by atoms with Crippen LogP contribution in [0.15, 0.2) is 60.8 Å². The van der Waals surface area contributed by atoms with Crippen molar-refractivity contribution in [2.24, 2.45) is 0 Å². The molecule has 158 valence electrons. The number of hydrogen-bond donors (Lipinski definition) is 1. The Balaban J connectivity index is 1.45. The average Bonchev–Trinajstić information content (AvgIpc) is 3.03. The van der Waals surface area contributed by atoms with Crippen molar-refractivity contribution >= 4 is 46.4 Å². The first kappa shape index (κ1) is 22.4. The van der Waals surface area contributed by atoms with Crippen LogP contribution in [0.3, 0.4) is 0 Å². The molecule has 5 nitrogen and oxygen atoms in total. The standard InChI is InChI=1S/C22H23Cl2N3O2S/c1-15(11-12-25-21(28)14-29-19-9-7-18(24)8-10-19)27-13-20(26(2)22(27)30)16-3-5-17(23)6-4-16/h3-10,20H,1,11-14H2,2H3,(H,25,28)/t20-/m0/s1. The van der Waals surface area contributed by atoms with Gasteiger partial charge in [0, 0.05) is 42.3 Å². The van der Waals surface area contributed by atoms with E-state index in [1.807, 2.05) is 36.2 Å². The zero-order valence-corrected chi connectivity index (χ0v) is 18.9. The number of amides is 1. The van der Waals surface area contributed by atoms with Crippen molar-refractivity contribution in [3.05, 3.63) is 76.4 Å². The minimum atomic E-state index is -0.196. The highest BCUT2D eigenvalue weighted by atomic mass is 35.5. The molecule has 3 rings (SSSR count). The Hall–Kier alpha value is -2.28. The number of carbonyl (C=O) groups is 1. The number of nitrogens with zero attached hydrogens (tertiary/aromatic N) is 2. The number of likely N-dealkylation sites (N-methyl/N-ethyl adjacent to an activating group) is 1. The zero-order chi connectivity index (χ0) is 21.7. The second-order valence-corrected chi connectivity index (χ2v) is 8.22. The maximum absolute atomic E-state index is 12.0. The third-order valence-electron chi connectivity index (χ3n) is 4.91. The monoisotopic (exact) mass is 463 g/mol. The molecule has 0 aliphatic carbocycles. The van der Waals surface area contributed by atoms with E-state index in [0.717, 1.165) is 16.4 Å². The van der Waals surface area contributed by atoms with Crippen LogP contribution in [0.5, 0.6) is 5.75 Å². The van der Waals surface area contributed by atoms with Crippen LogP contribution in [0, 0.1) is 0 Å². The first-order chi connectivity index (χ1) is 14.3. The summed E-state index contributed by atoms with van der Waals surface area (Å²) in [6, 6.07) is 14.8. The Morgan fingerprint density at radius 1 is 1.17 bits per heavy atom. The van der Waals surface area contributed by atoms with Crippen LogP contribution in [-0.4, -0.2) is 47.6 Å². The van der Waals surface area contributed by atoms with Crippen molar-refractivity contribution in [1.82, 2.24) is 15.1 Å². The molecule has 1 saturated heterocycles. The number of benzene rings is 2. The summed E-state index contributed by atoms with van der Waals surface area (Å²) in [5, 5.41) is 4.89. The van der Waals surface area contributed by atoms with Gasteiger partial charge in [-0.1, -0.05) is 41.9 Å². The average molecular weight is 464 g/mol. The van der Waals surface area contributed by atoms with Crippen molar-refractivity contribution in [2.75, 3.05) is 26.7 Å². The summed E-state index contributed by atoms with van der Waals surface area (Å²) in [5.74, 6) is 0.399. The fraction of sp³-hybridized carbons (Fsp3) is 0.273. The summed E-state index contributed by atoms with van der Waals surface area (Å²) in [7, 11) is 1.98. The van der Waals surface area contributed by atoms with Crippen LogP contribution in [0.1, 0.15) is 18.0 Å². The lowest BCUT2D eigenvalue weighted by Crippen LogP contribution is -2.33. The molecule has 1 aliphatic rings. The van der Waals surface area contributed by atoms with E-state index in [9.17, 15) is 4.79 Å². The highest BCUT2D eigenvalue weighted by Gasteiger charge is 2.33. The van der Waals surface area contributed by atoms with Gasteiger partial charge in [-0.15, -0.1) is 0 Å². The molecule has 0 saturated carbocycles. The number of hydrogen-bond acceptors (Lipinski definition) is 3. The number of nitrogens with one attached hydrogen (secondary N) is 1. The van der Waals surface area contributed by atoms with E-state index in [4.69, 9.17) is 40.2 Å². The molecule has 1 aliphatic heterocycles. The van der Waals surface area contributed by atoms with Crippen molar-refractivity contribution < 1.29 is 9.53 Å². The predicted octanol–water partition coefficient (Wildman–Crippen LogP) is 4.67. The van der Waals surface area contributed by atoms with Gasteiger partial charge in [0.1, 0.15) is 5.75 Å². The van der Waals surface area contributed by atoms with E-state index in [1.54, 1.807) is 24.3 Å². The number of carbonyl (C=O) groups excluding carboxylic acids is 1. The van der Waals surface area contributed by atoms with Gasteiger partial charge in [-0.05, 0) is 54.2 Å². The van der Waals surface area contributed by atoms with E-state index < -0.39 is 0 Å². The molecule has 0 radical (unpaired) electrons. The number of halogens is 2. The van der Waals surface area contributed by atoms with Gasteiger partial charge in [0.15, 0.2) is 11.7 Å². The van der Waals surface area contributed by atoms with E-state index in [0.29, 0.717) is 35.3 Å². The van der Waals surface area contributed by atoms with Crippen LogP contribution in [0.25, 0.3) is 0 Å². The summed E-state index contributed by atoms with van der Waals surface area (Å²) in [5.41, 5.74) is 2.01. The molecule has 1 heterocycles. The molecular formula is C22H23Cl2N3O2S. The quantitative estimate of drug-likeness (QED) is 0.576. The molecule has 0 unspecified atom stereocenters. The Morgan fingerprint density at radius 3 is 2.40 bits per heavy atom. The first-order valence-corrected chi connectivity index (χ1v) is 10.6. The molecule has 0 spiro atoms. The van der Waals surface area contributed by atoms with E-state index in [-0.39, 0.29) is 18.6 Å². The summed E-state index contributed by atoms with van der Waals surface area (Å²) >= 11 is 17.4. The molecule has 30 heavy (non-hydrogen) atoms. The van der Waals surface area contributed by atoms with Crippen LogP contribution < -0.4 is 10.1 Å². The van der Waals surface area contributed by atoms with Crippen molar-refractivity contribution in [1.29, 1.82) is 0 Å². The smallest absolute Gasteiger partial charge is 0.257 e. The second-order valence-electron chi connectivity index (χ2n) is 6.98. The van der Waals surface area contributed by atoms with Crippen molar-refractivity contribution in [3.63, 3.8) is 0 Å². The van der Waals surface area contributed by atoms with Crippen LogP contribution >= 0.6 is 35.4 Å². The molecule has 0 bridgehead atoms. The van der Waals surface area contributed by atoms with Gasteiger partial charge in [0.05, 0.1) is 6.04 Å². The van der Waals surface area contributed by atoms with Crippen molar-refractivity contribution in [2.45, 2.75) is 12.5 Å². The zero-order valence-electron chi connectivity index (χ0n) is 16.6. The van der Waals surface area contributed by atoms with E-state index in [1.165, 1.54) is 0 Å². The topological polar surface area (TPSA) is 44.8 Å². The minimum absolute atomic E-state index is 0.0579. The molecule has 1 amide bonds. The van der Waals surface area contributed by atoms with Gasteiger partial charge in [-0.3, -0.25) is 4.79 Å². The van der Waals surface area contributed by atoms with Crippen LogP contribution in [0.4, 0.5) is 0 Å². The number of ether oxygens (including phenoxy) is 1. The normalized spacial score (nSPS) is 16.0. The highest BCUT2D eigenvalue weighted by molar-refractivity contribution is 7.80. The lowest BCUT2D eigenvalue weighted by Gasteiger charge is -2.21. The van der Waals surface area contributed by atoms with Gasteiger partial charge < -0.3 is 19.9 Å². The fourth-order valence-electron chi connectivity index (χ4n) is 3.19. The largest absolute Gasteiger partial charge is 0.484 e. The van der Waals surface area contributed by atoms with Crippen LogP contribution in [-0.2, 0) is 4.79 Å². The molecule has 2 aromatic rings. The lowest BCUT2D eigenvalue weighted by molar-refractivity contribution is -0.123. The van der Waals surface area contributed by atoms with Gasteiger partial charge in [-0.2, -0.15) is 0 Å². The molecule has 1 atom stereocenters. The molecule has 1 fully saturated rings. The summed E-state index contributed by atoms with van der Waals surface area (Å²) in [6.07, 6.45) is 0.591. The fourth-order valence-corrected chi connectivity index (χ4v) is 3.77. The Bertz CT molecular complexity index is 919. The first-order valence-electron chi connectivity index (χ1n) is 9.48. The maximum atomic E-state index is 12.0. The van der Waals surface area contributed by atoms with E-state index in [2.05, 4.69) is 16.8 Å². The number of thiocarbonyl (C=S) groups is 1. The molecule has 1 N–H and O–H groups in total. The second kappa shape index (κ2) is 10.2. The molecular weight excluding hydrogens is 441 g/mol. The highest BCUT2D eigenvalue weighted by Crippen LogP contribution is 2.31. The lowest BCUT2D eigenvalue weighted by atomic mass is 10.1. The third kappa shape index (κ3) is 5.65. The van der Waals surface area contributed by atoms with Gasteiger partial charge in [-0.25, -0.2) is 0 Å². The maximum Gasteiger partial charge on any atom is 0.257 e. The van der Waals surface area contributed by atoms with Gasteiger partial charge in [0.25, 0.3) is 5.91 Å². The Kier molecular flexibility index (Phi) is 7.58. The Labute approximate surface area is 192 Å². The Morgan fingerprint density at radius 2 is 1.77 bits per heavy atom. The van der Waals surface area contributed by atoms with Crippen LogP contribution in [0.2, 0.25) is 10.0 Å². The van der Waals surface area contributed by atoms with Gasteiger partial charge >= 0.3 is 0 Å². The summed E-state index contributed by atoms with van der Waals surface area (Å²) in [6.45, 7) is 5.27. The molecule has 0 aromatic heterocycles. The predicted molar refractivity (Wildman–Crippen MR) is 125 cm³/mol. The third-order valence-corrected chi connectivity index (χ3v) is 5.92. The molecule has 2 aromatic carbocycles. The summed E-state index contributed by atoms with van der Waals surface area (Å²) < 4.78 is 5.44. The summed E-state index contributed by atoms with van der Waals surface area (Å²) in [4.78, 5) is 16.1. The van der Waals surface area contributed by atoms with Gasteiger partial charge in [0.2, 0.25) is 0 Å². The van der Waals surface area contributed by atoms with Crippen molar-refractivity contribution in [3.8, 4) is 5.75 Å². The number of rotatable bonds is 8. The van der Waals surface area contributed by atoms with E-state index >= 15 is 0 Å². The molecule has 8 heteroatoms. The minimum Gasteiger partial charge on any atom is -0.484 e.